The first-order valence-electron chi connectivity index (χ1n) is 6.45. The van der Waals surface area contributed by atoms with Gasteiger partial charge >= 0.3 is 0 Å². The van der Waals surface area contributed by atoms with E-state index in [4.69, 9.17) is 5.73 Å². The predicted molar refractivity (Wildman–Crippen MR) is 76.6 cm³/mol. The Kier molecular flexibility index (Phi) is 6.15. The van der Waals surface area contributed by atoms with Gasteiger partial charge in [-0.25, -0.2) is 0 Å². The summed E-state index contributed by atoms with van der Waals surface area (Å²) in [6.45, 7) is 2.66. The Balaban J connectivity index is 0.000000261. The number of carboxylic acids is 2. The molecule has 1 heterocycles. The maximum atomic E-state index is 9.41. The normalized spacial score (nSPS) is 10.5. The highest BCUT2D eigenvalue weighted by atomic mass is 16.4. The maximum absolute atomic E-state index is 9.41. The lowest BCUT2D eigenvalue weighted by atomic mass is 10.1. The van der Waals surface area contributed by atoms with E-state index in [0.717, 1.165) is 23.0 Å². The number of phenols is 1. The van der Waals surface area contributed by atoms with Crippen molar-refractivity contribution in [3.8, 4) is 5.75 Å². The fourth-order valence-electron chi connectivity index (χ4n) is 1.97. The molecule has 0 saturated heterocycles. The van der Waals surface area contributed by atoms with Crippen molar-refractivity contribution in [3.05, 3.63) is 41.6 Å². The number of aromatic nitrogens is 1. The summed E-state index contributed by atoms with van der Waals surface area (Å²) in [5, 5.41) is 29.3. The summed E-state index contributed by atoms with van der Waals surface area (Å²) in [6, 6.07) is 5.35. The first kappa shape index (κ1) is 17.3. The number of phenolic OH excluding ortho intramolecular Hbond substituents is 1. The highest BCUT2D eigenvalue weighted by Crippen LogP contribution is 2.25. The van der Waals surface area contributed by atoms with Gasteiger partial charge in [0.25, 0.3) is 0 Å². The number of carbonyl (C=O) groups excluding carboxylic acids is 2. The van der Waals surface area contributed by atoms with Crippen LogP contribution in [-0.2, 0) is 16.0 Å². The average Bonchev–Trinajstić information content (AvgIpc) is 2.74. The Bertz CT molecular complexity index is 687. The van der Waals surface area contributed by atoms with Crippen LogP contribution in [0.5, 0.6) is 5.75 Å². The molecule has 1 aromatic carbocycles. The van der Waals surface area contributed by atoms with E-state index < -0.39 is 11.9 Å². The fourth-order valence-corrected chi connectivity index (χ4v) is 1.97. The van der Waals surface area contributed by atoms with Crippen molar-refractivity contribution in [1.29, 1.82) is 0 Å². The number of aromatic amines is 1. The number of hydrogen-bond donors (Lipinski definition) is 3. The lowest BCUT2D eigenvalue weighted by Gasteiger charge is -1.98. The van der Waals surface area contributed by atoms with Gasteiger partial charge in [-0.15, -0.1) is 0 Å². The summed E-state index contributed by atoms with van der Waals surface area (Å²) in [4.78, 5) is 22.1. The molecule has 0 bridgehead atoms. The van der Waals surface area contributed by atoms with E-state index in [1.165, 1.54) is 5.56 Å². The predicted octanol–water partition coefficient (Wildman–Crippen LogP) is -1.27. The van der Waals surface area contributed by atoms with E-state index in [9.17, 15) is 24.9 Å². The second-order valence-electron chi connectivity index (χ2n) is 4.47. The minimum Gasteiger partial charge on any atom is -0.545 e. The van der Waals surface area contributed by atoms with Crippen LogP contribution < -0.4 is 15.9 Å². The van der Waals surface area contributed by atoms with E-state index in [0.29, 0.717) is 24.4 Å². The Morgan fingerprint density at radius 2 is 1.86 bits per heavy atom. The van der Waals surface area contributed by atoms with Gasteiger partial charge in [-0.05, 0) is 55.8 Å². The quantitative estimate of drug-likeness (QED) is 0.601. The molecule has 22 heavy (non-hydrogen) atoms. The number of aromatic hydroxyl groups is 1. The molecule has 0 spiro atoms. The van der Waals surface area contributed by atoms with Gasteiger partial charge in [-0.3, -0.25) is 0 Å². The first-order chi connectivity index (χ1) is 10.3. The molecule has 0 aliphatic carbocycles. The van der Waals surface area contributed by atoms with Crippen molar-refractivity contribution in [1.82, 2.24) is 4.98 Å². The molecule has 0 saturated carbocycles. The van der Waals surface area contributed by atoms with Gasteiger partial charge in [0.05, 0.1) is 11.9 Å². The third kappa shape index (κ3) is 4.95. The van der Waals surface area contributed by atoms with Crippen LogP contribution in [-0.4, -0.2) is 28.6 Å². The monoisotopic (exact) mass is 304 g/mol. The summed E-state index contributed by atoms with van der Waals surface area (Å²) < 4.78 is 0. The molecule has 0 radical (unpaired) electrons. The second kappa shape index (κ2) is 7.84. The van der Waals surface area contributed by atoms with Gasteiger partial charge < -0.3 is 35.6 Å². The standard InChI is InChI=1S/C11H14N2O.C4H4O4/c1-7-9(4-5-12)10-6-8(14)2-3-11(10)13-7;5-3(6)1-2-4(7)8/h2-3,6,13-14H,4-5,12H2,1H3;1-2H,(H,5,6)(H,7,8)/p-2/b;2-1-. The van der Waals surface area contributed by atoms with Crippen LogP contribution in [0.1, 0.15) is 11.3 Å². The number of aryl methyl sites for hydroxylation is 1. The zero-order chi connectivity index (χ0) is 16.7. The van der Waals surface area contributed by atoms with Crippen molar-refractivity contribution in [3.63, 3.8) is 0 Å². The molecule has 1 aromatic heterocycles. The smallest absolute Gasteiger partial charge is 0.116 e. The van der Waals surface area contributed by atoms with Crippen LogP contribution in [0.25, 0.3) is 10.9 Å². The number of hydrogen-bond acceptors (Lipinski definition) is 6. The minimum atomic E-state index is -1.55. The van der Waals surface area contributed by atoms with E-state index in [1.54, 1.807) is 12.1 Å². The van der Waals surface area contributed by atoms with Gasteiger partial charge in [-0.1, -0.05) is 0 Å². The first-order valence-corrected chi connectivity index (χ1v) is 6.45. The molecule has 2 aromatic rings. The molecule has 0 aliphatic heterocycles. The molecule has 4 N–H and O–H groups in total. The SMILES string of the molecule is Cc1[nH]c2ccc(O)cc2c1CCN.O=C([O-])/C=C\C(=O)[O-]. The maximum Gasteiger partial charge on any atom is 0.116 e. The molecule has 0 atom stereocenters. The topological polar surface area (TPSA) is 142 Å². The highest BCUT2D eigenvalue weighted by Gasteiger charge is 2.07. The number of nitrogens with two attached hydrogens (primary N) is 1. The number of H-pyrrole nitrogens is 1. The zero-order valence-electron chi connectivity index (χ0n) is 12.0. The number of carboxylic acid groups (broad SMARTS) is 2. The van der Waals surface area contributed by atoms with Gasteiger partial charge in [0.15, 0.2) is 0 Å². The lowest BCUT2D eigenvalue weighted by Crippen LogP contribution is -2.23. The molecule has 7 heteroatoms. The zero-order valence-corrected chi connectivity index (χ0v) is 12.0. The fraction of sp³-hybridized carbons (Fsp3) is 0.200. The van der Waals surface area contributed by atoms with E-state index in [-0.39, 0.29) is 0 Å². The Hall–Kier alpha value is -2.80. The number of rotatable bonds is 4. The highest BCUT2D eigenvalue weighted by molar-refractivity contribution is 5.87. The summed E-state index contributed by atoms with van der Waals surface area (Å²) in [5.41, 5.74) is 8.94. The van der Waals surface area contributed by atoms with Crippen molar-refractivity contribution in [2.24, 2.45) is 5.73 Å². The number of fused-ring (bicyclic) bond motifs is 1. The van der Waals surface area contributed by atoms with Gasteiger partial charge in [0, 0.05) is 16.6 Å². The van der Waals surface area contributed by atoms with Gasteiger partial charge in [-0.2, -0.15) is 0 Å². The largest absolute Gasteiger partial charge is 0.545 e. The Morgan fingerprint density at radius 3 is 2.36 bits per heavy atom. The van der Waals surface area contributed by atoms with Crippen LogP contribution in [0.3, 0.4) is 0 Å². The summed E-state index contributed by atoms with van der Waals surface area (Å²) in [6.07, 6.45) is 1.61. The molecule has 0 aliphatic rings. The number of benzene rings is 1. The molecule has 0 unspecified atom stereocenters. The van der Waals surface area contributed by atoms with Crippen LogP contribution >= 0.6 is 0 Å². The van der Waals surface area contributed by atoms with E-state index in [1.807, 2.05) is 13.0 Å². The second-order valence-corrected chi connectivity index (χ2v) is 4.47. The van der Waals surface area contributed by atoms with E-state index >= 15 is 0 Å². The summed E-state index contributed by atoms with van der Waals surface area (Å²) in [7, 11) is 0. The molecule has 0 amide bonds. The van der Waals surface area contributed by atoms with E-state index in [2.05, 4.69) is 4.98 Å². The van der Waals surface area contributed by atoms with Gasteiger partial charge in [0.1, 0.15) is 5.75 Å². The van der Waals surface area contributed by atoms with Crippen LogP contribution in [0, 0.1) is 6.92 Å². The van der Waals surface area contributed by atoms with Crippen LogP contribution in [0.2, 0.25) is 0 Å². The molecular formula is C15H16N2O5-2. The molecule has 2 rings (SSSR count). The minimum absolute atomic E-state index is 0.301. The summed E-state index contributed by atoms with van der Waals surface area (Å²) >= 11 is 0. The van der Waals surface area contributed by atoms with Crippen molar-refractivity contribution in [2.45, 2.75) is 13.3 Å². The third-order valence-electron chi connectivity index (χ3n) is 2.85. The lowest BCUT2D eigenvalue weighted by molar-refractivity contribution is -0.301. The van der Waals surface area contributed by atoms with Crippen LogP contribution in [0.15, 0.2) is 30.4 Å². The Morgan fingerprint density at radius 1 is 1.27 bits per heavy atom. The van der Waals surface area contributed by atoms with Crippen molar-refractivity contribution >= 4 is 22.8 Å². The van der Waals surface area contributed by atoms with Crippen LogP contribution in [0.4, 0.5) is 0 Å². The third-order valence-corrected chi connectivity index (χ3v) is 2.85. The molecular weight excluding hydrogens is 288 g/mol. The average molecular weight is 304 g/mol. The molecule has 0 fully saturated rings. The summed E-state index contributed by atoms with van der Waals surface area (Å²) in [5.74, 6) is -2.79. The van der Waals surface area contributed by atoms with Crippen molar-refractivity contribution in [2.75, 3.05) is 6.54 Å². The van der Waals surface area contributed by atoms with Crippen molar-refractivity contribution < 1.29 is 24.9 Å². The molecule has 7 nitrogen and oxygen atoms in total. The molecule has 118 valence electrons. The number of aliphatic carboxylic acids is 2. The van der Waals surface area contributed by atoms with Gasteiger partial charge in [0.2, 0.25) is 0 Å². The number of carbonyl (C=O) groups is 2. The number of nitrogens with one attached hydrogen (secondary N) is 1. The Labute approximate surface area is 126 Å².